The van der Waals surface area contributed by atoms with Crippen LogP contribution in [0, 0.1) is 0 Å². The van der Waals surface area contributed by atoms with Crippen molar-refractivity contribution < 1.29 is 9.59 Å². The summed E-state index contributed by atoms with van der Waals surface area (Å²) in [6, 6.07) is 0. The molecule has 0 atom stereocenters. The number of nitrogens with zero attached hydrogens (tertiary/aromatic N) is 3. The van der Waals surface area contributed by atoms with Crippen LogP contribution in [0.15, 0.2) is 4.99 Å². The van der Waals surface area contributed by atoms with Gasteiger partial charge in [0.15, 0.2) is 0 Å². The number of nitrogens with one attached hydrogen (secondary N) is 1. The predicted octanol–water partition coefficient (Wildman–Crippen LogP) is -0.380. The Morgan fingerprint density at radius 1 is 1.44 bits per heavy atom. The Kier molecular flexibility index (Phi) is 4.91. The monoisotopic (exact) mass is 226 g/mol. The van der Waals surface area contributed by atoms with Crippen LogP contribution in [-0.2, 0) is 9.59 Å². The van der Waals surface area contributed by atoms with E-state index in [2.05, 4.69) is 22.2 Å². The van der Waals surface area contributed by atoms with Crippen molar-refractivity contribution in [2.75, 3.05) is 26.7 Å². The molecule has 6 heteroatoms. The second-order valence-electron chi connectivity index (χ2n) is 3.68. The van der Waals surface area contributed by atoms with Crippen molar-refractivity contribution in [2.45, 2.75) is 19.8 Å². The fourth-order valence-corrected chi connectivity index (χ4v) is 1.27. The Morgan fingerprint density at radius 3 is 2.62 bits per heavy atom. The van der Waals surface area contributed by atoms with Crippen LogP contribution >= 0.6 is 0 Å². The molecule has 0 spiro atoms. The molecule has 0 aliphatic carbocycles. The van der Waals surface area contributed by atoms with E-state index >= 15 is 0 Å². The molecule has 1 saturated heterocycles. The Morgan fingerprint density at radius 2 is 2.06 bits per heavy atom. The highest BCUT2D eigenvalue weighted by Gasteiger charge is 2.28. The van der Waals surface area contributed by atoms with Crippen LogP contribution in [0.5, 0.6) is 0 Å². The molecule has 16 heavy (non-hydrogen) atoms. The molecule has 0 aromatic carbocycles. The van der Waals surface area contributed by atoms with Crippen molar-refractivity contribution in [2.24, 2.45) is 4.99 Å². The van der Waals surface area contributed by atoms with Crippen molar-refractivity contribution in [3.05, 3.63) is 0 Å². The highest BCUT2D eigenvalue weighted by atomic mass is 16.2. The summed E-state index contributed by atoms with van der Waals surface area (Å²) in [5, 5.41) is 1.02. The minimum absolute atomic E-state index is 0.192. The molecule has 0 aromatic heterocycles. The van der Waals surface area contributed by atoms with Gasteiger partial charge in [-0.1, -0.05) is 6.92 Å². The zero-order valence-electron chi connectivity index (χ0n) is 9.77. The standard InChI is InChI=1S/C10H18N4O2/c1-3-13(2)7-6-11-8-12-14-9(15)4-5-10(14)16/h8H,3-7H2,1-2H3,(H,11,12). The molecule has 1 aliphatic heterocycles. The van der Waals surface area contributed by atoms with Crippen LogP contribution < -0.4 is 5.43 Å². The van der Waals surface area contributed by atoms with Gasteiger partial charge >= 0.3 is 0 Å². The Bertz CT molecular complexity index is 275. The van der Waals surface area contributed by atoms with Gasteiger partial charge < -0.3 is 4.90 Å². The summed E-state index contributed by atoms with van der Waals surface area (Å²) >= 11 is 0. The van der Waals surface area contributed by atoms with E-state index in [-0.39, 0.29) is 24.7 Å². The van der Waals surface area contributed by atoms with Crippen molar-refractivity contribution >= 4 is 18.2 Å². The third-order valence-corrected chi connectivity index (χ3v) is 2.48. The number of hydrazine groups is 1. The second-order valence-corrected chi connectivity index (χ2v) is 3.68. The van der Waals surface area contributed by atoms with E-state index in [1.807, 2.05) is 7.05 Å². The number of rotatable bonds is 6. The van der Waals surface area contributed by atoms with Gasteiger partial charge in [0.25, 0.3) is 0 Å². The van der Waals surface area contributed by atoms with Crippen LogP contribution in [-0.4, -0.2) is 54.7 Å². The van der Waals surface area contributed by atoms with E-state index in [0.29, 0.717) is 6.54 Å². The summed E-state index contributed by atoms with van der Waals surface area (Å²) in [6.45, 7) is 4.56. The Balaban J connectivity index is 2.21. The number of hydrogen-bond acceptors (Lipinski definition) is 4. The van der Waals surface area contributed by atoms with Gasteiger partial charge in [0.2, 0.25) is 11.8 Å². The van der Waals surface area contributed by atoms with Gasteiger partial charge in [-0.15, -0.1) is 0 Å². The summed E-state index contributed by atoms with van der Waals surface area (Å²) in [5.41, 5.74) is 2.60. The van der Waals surface area contributed by atoms with Gasteiger partial charge in [0, 0.05) is 19.4 Å². The predicted molar refractivity (Wildman–Crippen MR) is 60.8 cm³/mol. The van der Waals surface area contributed by atoms with E-state index < -0.39 is 0 Å². The molecule has 0 saturated carbocycles. The third kappa shape index (κ3) is 3.62. The first-order valence-electron chi connectivity index (χ1n) is 5.44. The van der Waals surface area contributed by atoms with Gasteiger partial charge in [0.05, 0.1) is 6.54 Å². The summed E-state index contributed by atoms with van der Waals surface area (Å²) in [6.07, 6.45) is 1.99. The lowest BCUT2D eigenvalue weighted by Gasteiger charge is -2.13. The lowest BCUT2D eigenvalue weighted by Crippen LogP contribution is -2.41. The molecule has 0 unspecified atom stereocenters. The van der Waals surface area contributed by atoms with Crippen molar-refractivity contribution in [1.82, 2.24) is 15.3 Å². The first-order chi connectivity index (χ1) is 7.65. The molecule has 1 N–H and O–H groups in total. The summed E-state index contributed by atoms with van der Waals surface area (Å²) < 4.78 is 0. The zero-order valence-corrected chi connectivity index (χ0v) is 9.77. The van der Waals surface area contributed by atoms with Crippen LogP contribution in [0.2, 0.25) is 0 Å². The van der Waals surface area contributed by atoms with E-state index in [1.165, 1.54) is 6.34 Å². The number of likely N-dealkylation sites (N-methyl/N-ethyl adjacent to an activating group) is 1. The fraction of sp³-hybridized carbons (Fsp3) is 0.700. The van der Waals surface area contributed by atoms with Crippen LogP contribution in [0.1, 0.15) is 19.8 Å². The lowest BCUT2D eigenvalue weighted by molar-refractivity contribution is -0.140. The van der Waals surface area contributed by atoms with Gasteiger partial charge in [0.1, 0.15) is 6.34 Å². The van der Waals surface area contributed by atoms with E-state index in [4.69, 9.17) is 0 Å². The average molecular weight is 226 g/mol. The summed E-state index contributed by atoms with van der Waals surface area (Å²) in [4.78, 5) is 28.5. The van der Waals surface area contributed by atoms with Crippen LogP contribution in [0.25, 0.3) is 0 Å². The first kappa shape index (κ1) is 12.6. The number of imide groups is 1. The van der Waals surface area contributed by atoms with Crippen LogP contribution in [0.4, 0.5) is 0 Å². The molecule has 90 valence electrons. The number of aliphatic imine (C=N–C) groups is 1. The Labute approximate surface area is 95.3 Å². The molecule has 1 heterocycles. The highest BCUT2D eigenvalue weighted by Crippen LogP contribution is 2.07. The van der Waals surface area contributed by atoms with Gasteiger partial charge in [-0.2, -0.15) is 5.01 Å². The van der Waals surface area contributed by atoms with Gasteiger partial charge in [-0.05, 0) is 13.6 Å². The maximum atomic E-state index is 11.2. The minimum atomic E-state index is -0.192. The average Bonchev–Trinajstić information content (AvgIpc) is 2.59. The normalized spacial score (nSPS) is 16.8. The number of carbonyl (C=O) groups excluding carboxylic acids is 2. The maximum Gasteiger partial charge on any atom is 0.248 e. The first-order valence-corrected chi connectivity index (χ1v) is 5.44. The molecular weight excluding hydrogens is 208 g/mol. The molecule has 2 amide bonds. The molecule has 1 fully saturated rings. The summed E-state index contributed by atoms with van der Waals surface area (Å²) in [5.74, 6) is -0.385. The quantitative estimate of drug-likeness (QED) is 0.381. The third-order valence-electron chi connectivity index (χ3n) is 2.48. The molecule has 0 radical (unpaired) electrons. The smallest absolute Gasteiger partial charge is 0.248 e. The number of amides is 2. The molecule has 0 bridgehead atoms. The molecular formula is C10H18N4O2. The molecule has 0 aromatic rings. The van der Waals surface area contributed by atoms with Crippen molar-refractivity contribution in [3.8, 4) is 0 Å². The van der Waals surface area contributed by atoms with Gasteiger partial charge in [-0.25, -0.2) is 0 Å². The van der Waals surface area contributed by atoms with Crippen LogP contribution in [0.3, 0.4) is 0 Å². The fourth-order valence-electron chi connectivity index (χ4n) is 1.27. The van der Waals surface area contributed by atoms with E-state index in [9.17, 15) is 9.59 Å². The lowest BCUT2D eigenvalue weighted by atomic mass is 10.4. The maximum absolute atomic E-state index is 11.2. The molecule has 6 nitrogen and oxygen atoms in total. The summed E-state index contributed by atoms with van der Waals surface area (Å²) in [7, 11) is 2.01. The highest BCUT2D eigenvalue weighted by molar-refractivity contribution is 6.02. The molecule has 1 rings (SSSR count). The SMILES string of the molecule is CCN(C)CC/N=C/NN1C(=O)CCC1=O. The van der Waals surface area contributed by atoms with Crippen molar-refractivity contribution in [3.63, 3.8) is 0 Å². The van der Waals surface area contributed by atoms with Crippen molar-refractivity contribution in [1.29, 1.82) is 0 Å². The van der Waals surface area contributed by atoms with Gasteiger partial charge in [-0.3, -0.25) is 20.0 Å². The zero-order chi connectivity index (χ0) is 12.0. The van der Waals surface area contributed by atoms with E-state index in [1.54, 1.807) is 0 Å². The van der Waals surface area contributed by atoms with E-state index in [0.717, 1.165) is 18.1 Å². The Hall–Kier alpha value is -1.43. The molecule has 1 aliphatic rings. The number of hydrogen-bond donors (Lipinski definition) is 1. The minimum Gasteiger partial charge on any atom is -0.305 e. The number of carbonyl (C=O) groups is 2. The largest absolute Gasteiger partial charge is 0.305 e. The topological polar surface area (TPSA) is 65.0 Å². The second kappa shape index (κ2) is 6.22.